The molecule has 2 N–H and O–H groups in total. The predicted molar refractivity (Wildman–Crippen MR) is 82.3 cm³/mol. The zero-order valence-corrected chi connectivity index (χ0v) is 12.1. The molecular weight excluding hydrogens is 272 g/mol. The molecule has 20 heavy (non-hydrogen) atoms. The number of benzene rings is 1. The number of hydrogen-bond donors (Lipinski definition) is 2. The zero-order valence-electron chi connectivity index (χ0n) is 11.3. The van der Waals surface area contributed by atoms with E-state index in [0.717, 1.165) is 13.0 Å². The van der Waals surface area contributed by atoms with Gasteiger partial charge in [0.25, 0.3) is 0 Å². The van der Waals surface area contributed by atoms with Gasteiger partial charge in [-0.05, 0) is 18.1 Å². The Morgan fingerprint density at radius 1 is 1.30 bits per heavy atom. The van der Waals surface area contributed by atoms with Gasteiger partial charge in [-0.3, -0.25) is 4.68 Å². The van der Waals surface area contributed by atoms with Crippen molar-refractivity contribution in [1.29, 1.82) is 0 Å². The molecular formula is C15H17ClN4. The van der Waals surface area contributed by atoms with E-state index in [1.54, 1.807) is 0 Å². The molecule has 1 aromatic carbocycles. The number of aromatic amines is 1. The second kappa shape index (κ2) is 4.96. The van der Waals surface area contributed by atoms with Crippen LogP contribution >= 0.6 is 12.4 Å². The van der Waals surface area contributed by atoms with Gasteiger partial charge in [-0.25, -0.2) is 0 Å². The lowest BCUT2D eigenvalue weighted by molar-refractivity contribution is 0.560. The van der Waals surface area contributed by atoms with Crippen LogP contribution in [0.4, 0.5) is 0 Å². The van der Waals surface area contributed by atoms with Gasteiger partial charge in [-0.1, -0.05) is 18.2 Å². The van der Waals surface area contributed by atoms with Gasteiger partial charge in [0.2, 0.25) is 0 Å². The molecule has 4 rings (SSSR count). The molecule has 0 aliphatic carbocycles. The lowest BCUT2D eigenvalue weighted by atomic mass is 9.96. The van der Waals surface area contributed by atoms with Crippen molar-refractivity contribution in [2.24, 2.45) is 7.05 Å². The molecule has 5 heteroatoms. The van der Waals surface area contributed by atoms with Crippen LogP contribution in [-0.4, -0.2) is 21.3 Å². The average molecular weight is 289 g/mol. The van der Waals surface area contributed by atoms with Crippen molar-refractivity contribution in [3.05, 3.63) is 53.5 Å². The second-order valence-corrected chi connectivity index (χ2v) is 5.15. The summed E-state index contributed by atoms with van der Waals surface area (Å²) in [5, 5.41) is 9.22. The van der Waals surface area contributed by atoms with Crippen LogP contribution in [-0.2, 0) is 13.5 Å². The smallest absolute Gasteiger partial charge is 0.0763 e. The highest BCUT2D eigenvalue weighted by atomic mass is 35.5. The van der Waals surface area contributed by atoms with Gasteiger partial charge in [0.15, 0.2) is 0 Å². The molecule has 4 nitrogen and oxygen atoms in total. The molecule has 0 radical (unpaired) electrons. The summed E-state index contributed by atoms with van der Waals surface area (Å²) in [4.78, 5) is 3.57. The Morgan fingerprint density at radius 3 is 2.95 bits per heavy atom. The first-order chi connectivity index (χ1) is 9.33. The number of rotatable bonds is 1. The van der Waals surface area contributed by atoms with E-state index < -0.39 is 0 Å². The average Bonchev–Trinajstić information content (AvgIpc) is 3.02. The molecule has 0 spiro atoms. The SMILES string of the molecule is Cl.Cn1cc(C2NCCc3c2[nH]c2ccccc32)cn1. The van der Waals surface area contributed by atoms with E-state index in [-0.39, 0.29) is 18.4 Å². The number of aryl methyl sites for hydroxylation is 1. The van der Waals surface area contributed by atoms with E-state index in [4.69, 9.17) is 0 Å². The largest absolute Gasteiger partial charge is 0.357 e. The summed E-state index contributed by atoms with van der Waals surface area (Å²) in [6, 6.07) is 8.77. The number of aromatic nitrogens is 3. The van der Waals surface area contributed by atoms with Gasteiger partial charge in [-0.15, -0.1) is 12.4 Å². The molecule has 0 bridgehead atoms. The number of nitrogens with zero attached hydrogens (tertiary/aromatic N) is 2. The number of hydrogen-bond acceptors (Lipinski definition) is 2. The summed E-state index contributed by atoms with van der Waals surface area (Å²) < 4.78 is 1.86. The molecule has 3 heterocycles. The number of halogens is 1. The minimum atomic E-state index is 0. The molecule has 1 unspecified atom stereocenters. The summed E-state index contributed by atoms with van der Waals surface area (Å²) in [6.07, 6.45) is 5.10. The second-order valence-electron chi connectivity index (χ2n) is 5.15. The van der Waals surface area contributed by atoms with Crippen LogP contribution < -0.4 is 5.32 Å². The molecule has 2 aromatic heterocycles. The first kappa shape index (κ1) is 13.2. The Hall–Kier alpha value is -1.78. The molecule has 0 saturated carbocycles. The van der Waals surface area contributed by atoms with Crippen molar-refractivity contribution >= 4 is 23.3 Å². The maximum absolute atomic E-state index is 4.28. The minimum Gasteiger partial charge on any atom is -0.357 e. The number of fused-ring (bicyclic) bond motifs is 3. The van der Waals surface area contributed by atoms with Crippen LogP contribution in [0.25, 0.3) is 10.9 Å². The first-order valence-corrected chi connectivity index (χ1v) is 6.64. The van der Waals surface area contributed by atoms with E-state index in [1.165, 1.54) is 27.7 Å². The lowest BCUT2D eigenvalue weighted by Gasteiger charge is -2.23. The minimum absolute atomic E-state index is 0. The molecule has 1 aliphatic rings. The van der Waals surface area contributed by atoms with E-state index >= 15 is 0 Å². The standard InChI is InChI=1S/C15H16N4.ClH/c1-19-9-10(8-17-19)14-15-12(6-7-16-14)11-4-2-3-5-13(11)18-15;/h2-5,8-9,14,16,18H,6-7H2,1H3;1H. The lowest BCUT2D eigenvalue weighted by Crippen LogP contribution is -2.30. The van der Waals surface area contributed by atoms with Crippen LogP contribution in [0, 0.1) is 0 Å². The van der Waals surface area contributed by atoms with Crippen molar-refractivity contribution in [3.8, 4) is 0 Å². The summed E-state index contributed by atoms with van der Waals surface area (Å²) in [6.45, 7) is 1.01. The summed E-state index contributed by atoms with van der Waals surface area (Å²) >= 11 is 0. The molecule has 1 aliphatic heterocycles. The molecule has 104 valence electrons. The number of nitrogens with one attached hydrogen (secondary N) is 2. The van der Waals surface area contributed by atoms with Gasteiger partial charge < -0.3 is 10.3 Å². The zero-order chi connectivity index (χ0) is 12.8. The number of H-pyrrole nitrogens is 1. The van der Waals surface area contributed by atoms with Crippen LogP contribution in [0.1, 0.15) is 22.9 Å². The van der Waals surface area contributed by atoms with Gasteiger partial charge in [0, 0.05) is 41.9 Å². The molecule has 0 saturated heterocycles. The third-order valence-corrected chi connectivity index (χ3v) is 3.92. The monoisotopic (exact) mass is 288 g/mol. The fourth-order valence-electron chi connectivity index (χ4n) is 3.05. The van der Waals surface area contributed by atoms with Crippen molar-refractivity contribution in [2.75, 3.05) is 6.54 Å². The third-order valence-electron chi connectivity index (χ3n) is 3.92. The first-order valence-electron chi connectivity index (χ1n) is 6.64. The van der Waals surface area contributed by atoms with Crippen molar-refractivity contribution < 1.29 is 0 Å². The highest BCUT2D eigenvalue weighted by molar-refractivity contribution is 5.85. The van der Waals surface area contributed by atoms with Crippen molar-refractivity contribution in [1.82, 2.24) is 20.1 Å². The van der Waals surface area contributed by atoms with Crippen LogP contribution in [0.15, 0.2) is 36.7 Å². The Bertz CT molecular complexity index is 743. The van der Waals surface area contributed by atoms with E-state index in [9.17, 15) is 0 Å². The van der Waals surface area contributed by atoms with Gasteiger partial charge in [-0.2, -0.15) is 5.10 Å². The number of para-hydroxylation sites is 1. The Morgan fingerprint density at radius 2 is 2.15 bits per heavy atom. The van der Waals surface area contributed by atoms with Crippen molar-refractivity contribution in [2.45, 2.75) is 12.5 Å². The van der Waals surface area contributed by atoms with Gasteiger partial charge >= 0.3 is 0 Å². The fourth-order valence-corrected chi connectivity index (χ4v) is 3.05. The maximum Gasteiger partial charge on any atom is 0.0763 e. The fraction of sp³-hybridized carbons (Fsp3) is 0.267. The van der Waals surface area contributed by atoms with Crippen LogP contribution in [0.5, 0.6) is 0 Å². The quantitative estimate of drug-likeness (QED) is 0.723. The summed E-state index contributed by atoms with van der Waals surface area (Å²) in [5.74, 6) is 0. The highest BCUT2D eigenvalue weighted by Crippen LogP contribution is 2.32. The maximum atomic E-state index is 4.28. The Kier molecular flexibility index (Phi) is 3.28. The normalized spacial score (nSPS) is 17.8. The van der Waals surface area contributed by atoms with Crippen LogP contribution in [0.3, 0.4) is 0 Å². The highest BCUT2D eigenvalue weighted by Gasteiger charge is 2.25. The molecule has 1 atom stereocenters. The Labute approximate surface area is 123 Å². The molecule has 0 fully saturated rings. The van der Waals surface area contributed by atoms with E-state index in [2.05, 4.69) is 45.9 Å². The van der Waals surface area contributed by atoms with Gasteiger partial charge in [0.05, 0.1) is 12.2 Å². The molecule has 0 amide bonds. The topological polar surface area (TPSA) is 45.6 Å². The summed E-state index contributed by atoms with van der Waals surface area (Å²) in [5.41, 5.74) is 5.18. The van der Waals surface area contributed by atoms with Crippen LogP contribution in [0.2, 0.25) is 0 Å². The Balaban J connectivity index is 0.00000121. The predicted octanol–water partition coefficient (Wildman–Crippen LogP) is 2.56. The molecule has 3 aromatic rings. The van der Waals surface area contributed by atoms with E-state index in [1.807, 2.05) is 17.9 Å². The van der Waals surface area contributed by atoms with Crippen molar-refractivity contribution in [3.63, 3.8) is 0 Å². The third kappa shape index (κ3) is 1.92. The summed E-state index contributed by atoms with van der Waals surface area (Å²) in [7, 11) is 1.96. The van der Waals surface area contributed by atoms with E-state index in [0.29, 0.717) is 0 Å². The van der Waals surface area contributed by atoms with Gasteiger partial charge in [0.1, 0.15) is 0 Å².